The fourth-order valence-corrected chi connectivity index (χ4v) is 2.75. The molecule has 1 aromatic carbocycles. The van der Waals surface area contributed by atoms with E-state index in [-0.39, 0.29) is 0 Å². The molecule has 5 heteroatoms. The first-order valence-corrected chi connectivity index (χ1v) is 6.56. The molecule has 90 valence electrons. The van der Waals surface area contributed by atoms with Crippen LogP contribution < -0.4 is 10.2 Å². The molecule has 1 N–H and O–H groups in total. The summed E-state index contributed by atoms with van der Waals surface area (Å²) in [5.74, 6) is 0. The number of nitrogens with zero attached hydrogens (tertiary/aromatic N) is 2. The van der Waals surface area contributed by atoms with E-state index in [1.54, 1.807) is 0 Å². The molecule has 1 aliphatic heterocycles. The number of aryl methyl sites for hydroxylation is 1. The molecule has 0 bridgehead atoms. The summed E-state index contributed by atoms with van der Waals surface area (Å²) >= 11 is 3.52. The van der Waals surface area contributed by atoms with Gasteiger partial charge in [0.2, 0.25) is 0 Å². The van der Waals surface area contributed by atoms with Crippen LogP contribution in [0.15, 0.2) is 21.0 Å². The molecule has 1 aromatic heterocycles. The molecule has 0 unspecified atom stereocenters. The molecule has 1 saturated heterocycles. The second kappa shape index (κ2) is 4.31. The standard InChI is InChI=1S/C12H14BrN3O/c1-8-6-9(13)11-10(7-8)15-12(17-11)16-4-2-14-3-5-16/h6-7,14H,2-5H2,1H3. The quantitative estimate of drug-likeness (QED) is 0.877. The number of hydrogen-bond acceptors (Lipinski definition) is 4. The van der Waals surface area contributed by atoms with Gasteiger partial charge in [-0.05, 0) is 40.5 Å². The van der Waals surface area contributed by atoms with Crippen molar-refractivity contribution in [3.05, 3.63) is 22.2 Å². The van der Waals surface area contributed by atoms with Crippen molar-refractivity contribution in [2.24, 2.45) is 0 Å². The molecule has 0 aliphatic carbocycles. The summed E-state index contributed by atoms with van der Waals surface area (Å²) in [6, 6.07) is 4.83. The highest BCUT2D eigenvalue weighted by Gasteiger charge is 2.17. The molecule has 17 heavy (non-hydrogen) atoms. The zero-order chi connectivity index (χ0) is 11.8. The van der Waals surface area contributed by atoms with Crippen LogP contribution in [0.4, 0.5) is 6.01 Å². The van der Waals surface area contributed by atoms with Crippen LogP contribution in [0.2, 0.25) is 0 Å². The van der Waals surface area contributed by atoms with Crippen LogP contribution in [-0.2, 0) is 0 Å². The average molecular weight is 296 g/mol. The van der Waals surface area contributed by atoms with Crippen molar-refractivity contribution in [3.8, 4) is 0 Å². The maximum Gasteiger partial charge on any atom is 0.298 e. The molecule has 4 nitrogen and oxygen atoms in total. The van der Waals surface area contributed by atoms with Gasteiger partial charge in [0.05, 0.1) is 4.47 Å². The fourth-order valence-electron chi connectivity index (χ4n) is 2.10. The molecule has 2 aromatic rings. The Kier molecular flexibility index (Phi) is 2.80. The van der Waals surface area contributed by atoms with Crippen LogP contribution in [0.5, 0.6) is 0 Å². The van der Waals surface area contributed by atoms with Crippen LogP contribution in [0.1, 0.15) is 5.56 Å². The van der Waals surface area contributed by atoms with E-state index in [0.717, 1.165) is 47.8 Å². The zero-order valence-corrected chi connectivity index (χ0v) is 11.2. The monoisotopic (exact) mass is 295 g/mol. The summed E-state index contributed by atoms with van der Waals surface area (Å²) in [5, 5.41) is 3.32. The summed E-state index contributed by atoms with van der Waals surface area (Å²) in [5.41, 5.74) is 2.94. The lowest BCUT2D eigenvalue weighted by atomic mass is 10.2. The minimum atomic E-state index is 0.729. The molecule has 1 fully saturated rings. The lowest BCUT2D eigenvalue weighted by Crippen LogP contribution is -2.43. The average Bonchev–Trinajstić information content (AvgIpc) is 2.74. The smallest absolute Gasteiger partial charge is 0.298 e. The Hall–Kier alpha value is -1.07. The van der Waals surface area contributed by atoms with E-state index in [1.807, 2.05) is 0 Å². The predicted octanol–water partition coefficient (Wildman–Crippen LogP) is 2.31. The van der Waals surface area contributed by atoms with Gasteiger partial charge < -0.3 is 14.6 Å². The van der Waals surface area contributed by atoms with E-state index >= 15 is 0 Å². The number of piperazine rings is 1. The van der Waals surface area contributed by atoms with Gasteiger partial charge in [0.1, 0.15) is 5.52 Å². The lowest BCUT2D eigenvalue weighted by Gasteiger charge is -2.25. The predicted molar refractivity (Wildman–Crippen MR) is 71.5 cm³/mol. The number of halogens is 1. The second-order valence-corrected chi connectivity index (χ2v) is 5.18. The van der Waals surface area contributed by atoms with E-state index in [0.29, 0.717) is 0 Å². The first-order chi connectivity index (χ1) is 8.24. The first-order valence-electron chi connectivity index (χ1n) is 5.76. The van der Waals surface area contributed by atoms with Gasteiger partial charge in [-0.15, -0.1) is 0 Å². The van der Waals surface area contributed by atoms with Gasteiger partial charge in [-0.1, -0.05) is 0 Å². The molecule has 2 heterocycles. The minimum absolute atomic E-state index is 0.729. The number of hydrogen-bond donors (Lipinski definition) is 1. The Labute approximate surface area is 108 Å². The van der Waals surface area contributed by atoms with Gasteiger partial charge in [0, 0.05) is 26.2 Å². The summed E-state index contributed by atoms with van der Waals surface area (Å²) < 4.78 is 6.81. The molecule has 0 spiro atoms. The van der Waals surface area contributed by atoms with Crippen LogP contribution in [-0.4, -0.2) is 31.2 Å². The van der Waals surface area contributed by atoms with E-state index in [2.05, 4.69) is 50.2 Å². The molecular formula is C12H14BrN3O. The van der Waals surface area contributed by atoms with Crippen LogP contribution in [0.25, 0.3) is 11.1 Å². The second-order valence-electron chi connectivity index (χ2n) is 4.33. The summed E-state index contributed by atoms with van der Waals surface area (Å²) in [6.07, 6.45) is 0. The third-order valence-corrected chi connectivity index (χ3v) is 3.55. The number of fused-ring (bicyclic) bond motifs is 1. The Morgan fingerprint density at radius 1 is 1.35 bits per heavy atom. The molecule has 0 atom stereocenters. The van der Waals surface area contributed by atoms with Gasteiger partial charge in [-0.25, -0.2) is 0 Å². The van der Waals surface area contributed by atoms with Gasteiger partial charge in [-0.2, -0.15) is 4.98 Å². The highest BCUT2D eigenvalue weighted by Crippen LogP contribution is 2.29. The third-order valence-electron chi connectivity index (χ3n) is 2.97. The van der Waals surface area contributed by atoms with Crippen LogP contribution >= 0.6 is 15.9 Å². The van der Waals surface area contributed by atoms with Crippen molar-refractivity contribution in [1.82, 2.24) is 10.3 Å². The normalized spacial score (nSPS) is 16.7. The van der Waals surface area contributed by atoms with E-state index in [9.17, 15) is 0 Å². The molecule has 3 rings (SSSR count). The Bertz CT molecular complexity index is 546. The molecule has 0 radical (unpaired) electrons. The summed E-state index contributed by atoms with van der Waals surface area (Å²) in [7, 11) is 0. The van der Waals surface area contributed by atoms with Crippen molar-refractivity contribution in [2.45, 2.75) is 6.92 Å². The fraction of sp³-hybridized carbons (Fsp3) is 0.417. The van der Waals surface area contributed by atoms with Crippen molar-refractivity contribution in [3.63, 3.8) is 0 Å². The van der Waals surface area contributed by atoms with Gasteiger partial charge in [0.25, 0.3) is 6.01 Å². The summed E-state index contributed by atoms with van der Waals surface area (Å²) in [4.78, 5) is 6.74. The number of rotatable bonds is 1. The number of aromatic nitrogens is 1. The van der Waals surface area contributed by atoms with Gasteiger partial charge in [-0.3, -0.25) is 0 Å². The third kappa shape index (κ3) is 2.05. The van der Waals surface area contributed by atoms with Crippen LogP contribution in [0.3, 0.4) is 0 Å². The number of nitrogens with one attached hydrogen (secondary N) is 1. The highest BCUT2D eigenvalue weighted by molar-refractivity contribution is 9.10. The van der Waals surface area contributed by atoms with Gasteiger partial charge in [0.15, 0.2) is 5.58 Å². The minimum Gasteiger partial charge on any atom is -0.422 e. The Balaban J connectivity index is 2.03. The van der Waals surface area contributed by atoms with Gasteiger partial charge >= 0.3 is 0 Å². The lowest BCUT2D eigenvalue weighted by molar-refractivity contribution is 0.517. The number of oxazole rings is 1. The van der Waals surface area contributed by atoms with Crippen molar-refractivity contribution in [1.29, 1.82) is 0 Å². The molecule has 0 amide bonds. The van der Waals surface area contributed by atoms with E-state index < -0.39 is 0 Å². The number of benzene rings is 1. The Morgan fingerprint density at radius 2 is 2.12 bits per heavy atom. The molecule has 0 saturated carbocycles. The maximum atomic E-state index is 5.83. The van der Waals surface area contributed by atoms with Crippen molar-refractivity contribution >= 4 is 33.0 Å². The van der Waals surface area contributed by atoms with Crippen molar-refractivity contribution in [2.75, 3.05) is 31.1 Å². The Morgan fingerprint density at radius 3 is 2.88 bits per heavy atom. The summed E-state index contributed by atoms with van der Waals surface area (Å²) in [6.45, 7) is 5.92. The van der Waals surface area contributed by atoms with E-state index in [4.69, 9.17) is 4.42 Å². The maximum absolute atomic E-state index is 5.83. The van der Waals surface area contributed by atoms with E-state index in [1.165, 1.54) is 5.56 Å². The highest BCUT2D eigenvalue weighted by atomic mass is 79.9. The van der Waals surface area contributed by atoms with Crippen molar-refractivity contribution < 1.29 is 4.42 Å². The first kappa shape index (κ1) is 11.0. The van der Waals surface area contributed by atoms with Crippen LogP contribution in [0, 0.1) is 6.92 Å². The SMILES string of the molecule is Cc1cc(Br)c2oc(N3CCNCC3)nc2c1. The zero-order valence-electron chi connectivity index (χ0n) is 9.66. The number of anilines is 1. The largest absolute Gasteiger partial charge is 0.422 e. The molecule has 1 aliphatic rings. The topological polar surface area (TPSA) is 41.3 Å². The molecular weight excluding hydrogens is 282 g/mol.